The Hall–Kier alpha value is -2.37. The first-order valence-corrected chi connectivity index (χ1v) is 7.02. The predicted octanol–water partition coefficient (Wildman–Crippen LogP) is 1.45. The second-order valence-corrected chi connectivity index (χ2v) is 4.34. The summed E-state index contributed by atoms with van der Waals surface area (Å²) in [5, 5.41) is 6.24. The smallest absolute Gasteiger partial charge is 0.329 e. The molecule has 0 fully saturated rings. The van der Waals surface area contributed by atoms with Crippen LogP contribution in [0.1, 0.15) is 32.3 Å². The van der Waals surface area contributed by atoms with Crippen molar-refractivity contribution >= 4 is 18.0 Å². The number of rotatable bonds is 7. The van der Waals surface area contributed by atoms with Crippen LogP contribution < -0.4 is 15.5 Å². The van der Waals surface area contributed by atoms with E-state index in [9.17, 15) is 9.59 Å². The normalized spacial score (nSPS) is 10.4. The van der Waals surface area contributed by atoms with E-state index in [0.29, 0.717) is 18.9 Å². The molecular formula is C15H21N3O3. The highest BCUT2D eigenvalue weighted by atomic mass is 16.5. The molecule has 114 valence electrons. The molecule has 1 aromatic carbocycles. The molecule has 0 heterocycles. The van der Waals surface area contributed by atoms with Crippen LogP contribution >= 0.6 is 0 Å². The zero-order valence-corrected chi connectivity index (χ0v) is 12.4. The van der Waals surface area contributed by atoms with E-state index >= 15 is 0 Å². The number of carbonyl (C=O) groups is 2. The third kappa shape index (κ3) is 6.07. The second-order valence-electron chi connectivity index (χ2n) is 4.34. The van der Waals surface area contributed by atoms with Crippen LogP contribution in [-0.2, 0) is 9.59 Å². The third-order valence-corrected chi connectivity index (χ3v) is 2.49. The maximum Gasteiger partial charge on any atom is 0.329 e. The van der Waals surface area contributed by atoms with Gasteiger partial charge in [0, 0.05) is 12.1 Å². The minimum Gasteiger partial charge on any atom is -0.493 e. The zero-order valence-electron chi connectivity index (χ0n) is 12.4. The molecule has 21 heavy (non-hydrogen) atoms. The Morgan fingerprint density at radius 1 is 1.19 bits per heavy atom. The van der Waals surface area contributed by atoms with Crippen LogP contribution in [-0.4, -0.2) is 31.2 Å². The second kappa shape index (κ2) is 9.52. The number of hydrazone groups is 1. The topological polar surface area (TPSA) is 79.8 Å². The first-order valence-electron chi connectivity index (χ1n) is 7.02. The number of benzene rings is 1. The van der Waals surface area contributed by atoms with E-state index in [2.05, 4.69) is 15.8 Å². The highest BCUT2D eigenvalue weighted by Crippen LogP contribution is 2.15. The minimum absolute atomic E-state index is 0.462. The first-order chi connectivity index (χ1) is 10.2. The number of amides is 2. The van der Waals surface area contributed by atoms with Crippen molar-refractivity contribution in [1.29, 1.82) is 0 Å². The standard InChI is InChI=1S/C15H21N3O3/c1-3-9-16-14(19)15(20)18-17-11-12-7-5-6-8-13(12)21-10-4-2/h5-8,11H,3-4,9-10H2,1-2H3,(H,16,19)(H,18,20)/b17-11-. The number of hydrogen-bond donors (Lipinski definition) is 2. The van der Waals surface area contributed by atoms with Gasteiger partial charge >= 0.3 is 11.8 Å². The van der Waals surface area contributed by atoms with Crippen LogP contribution in [0.5, 0.6) is 5.75 Å². The van der Waals surface area contributed by atoms with Gasteiger partial charge in [-0.05, 0) is 25.0 Å². The SMILES string of the molecule is CCCNC(=O)C(=O)N/N=C\c1ccccc1OCCC. The Kier molecular flexibility index (Phi) is 7.56. The molecule has 0 saturated heterocycles. The van der Waals surface area contributed by atoms with Crippen LogP contribution in [0.15, 0.2) is 29.4 Å². The van der Waals surface area contributed by atoms with E-state index in [0.717, 1.165) is 18.4 Å². The minimum atomic E-state index is -0.786. The number of ether oxygens (including phenoxy) is 1. The number of para-hydroxylation sites is 1. The molecule has 1 aromatic rings. The molecule has 0 aliphatic heterocycles. The molecule has 0 bridgehead atoms. The van der Waals surface area contributed by atoms with Crippen molar-refractivity contribution in [2.45, 2.75) is 26.7 Å². The highest BCUT2D eigenvalue weighted by molar-refractivity contribution is 6.35. The molecule has 6 heteroatoms. The van der Waals surface area contributed by atoms with Gasteiger partial charge in [0.1, 0.15) is 5.75 Å². The van der Waals surface area contributed by atoms with Gasteiger partial charge in [-0.2, -0.15) is 5.10 Å². The van der Waals surface area contributed by atoms with Crippen LogP contribution in [0, 0.1) is 0 Å². The summed E-state index contributed by atoms with van der Waals surface area (Å²) >= 11 is 0. The average Bonchev–Trinajstić information content (AvgIpc) is 2.51. The molecule has 0 aliphatic carbocycles. The molecule has 2 N–H and O–H groups in total. The fraction of sp³-hybridized carbons (Fsp3) is 0.400. The highest BCUT2D eigenvalue weighted by Gasteiger charge is 2.10. The largest absolute Gasteiger partial charge is 0.493 e. The summed E-state index contributed by atoms with van der Waals surface area (Å²) in [6.07, 6.45) is 3.13. The van der Waals surface area contributed by atoms with Crippen LogP contribution in [0.4, 0.5) is 0 Å². The molecule has 2 amide bonds. The van der Waals surface area contributed by atoms with Crippen molar-refractivity contribution in [1.82, 2.24) is 10.7 Å². The lowest BCUT2D eigenvalue weighted by atomic mass is 10.2. The predicted molar refractivity (Wildman–Crippen MR) is 81.3 cm³/mol. The molecule has 0 saturated carbocycles. The summed E-state index contributed by atoms with van der Waals surface area (Å²) in [6.45, 7) is 5.00. The van der Waals surface area contributed by atoms with Gasteiger partial charge in [0.25, 0.3) is 0 Å². The van der Waals surface area contributed by atoms with E-state index < -0.39 is 11.8 Å². The fourth-order valence-corrected chi connectivity index (χ4v) is 1.46. The van der Waals surface area contributed by atoms with E-state index in [4.69, 9.17) is 4.74 Å². The molecule has 6 nitrogen and oxygen atoms in total. The lowest BCUT2D eigenvalue weighted by molar-refractivity contribution is -0.139. The molecular weight excluding hydrogens is 270 g/mol. The first kappa shape index (κ1) is 16.7. The maximum atomic E-state index is 11.4. The van der Waals surface area contributed by atoms with Gasteiger partial charge in [-0.15, -0.1) is 0 Å². The number of hydrogen-bond acceptors (Lipinski definition) is 4. The molecule has 1 rings (SSSR count). The van der Waals surface area contributed by atoms with Gasteiger partial charge in [0.2, 0.25) is 0 Å². The van der Waals surface area contributed by atoms with E-state index in [-0.39, 0.29) is 0 Å². The Morgan fingerprint density at radius 2 is 1.95 bits per heavy atom. The summed E-state index contributed by atoms with van der Waals surface area (Å²) in [5.74, 6) is -0.788. The van der Waals surface area contributed by atoms with Crippen LogP contribution in [0.2, 0.25) is 0 Å². The molecule has 0 aromatic heterocycles. The monoisotopic (exact) mass is 291 g/mol. The number of carbonyl (C=O) groups excluding carboxylic acids is 2. The molecule has 0 unspecified atom stereocenters. The van der Waals surface area contributed by atoms with Crippen molar-refractivity contribution in [3.8, 4) is 5.75 Å². The van der Waals surface area contributed by atoms with Crippen molar-refractivity contribution in [3.63, 3.8) is 0 Å². The van der Waals surface area contributed by atoms with Crippen molar-refractivity contribution in [3.05, 3.63) is 29.8 Å². The van der Waals surface area contributed by atoms with E-state index in [1.165, 1.54) is 6.21 Å². The summed E-state index contributed by atoms with van der Waals surface area (Å²) in [6, 6.07) is 7.35. The van der Waals surface area contributed by atoms with Gasteiger partial charge in [0.05, 0.1) is 12.8 Å². The Labute approximate surface area is 124 Å². The van der Waals surface area contributed by atoms with E-state index in [1.807, 2.05) is 38.1 Å². The third-order valence-electron chi connectivity index (χ3n) is 2.49. The molecule has 0 atom stereocenters. The van der Waals surface area contributed by atoms with Crippen molar-refractivity contribution in [2.24, 2.45) is 5.10 Å². The van der Waals surface area contributed by atoms with Gasteiger partial charge in [0.15, 0.2) is 0 Å². The summed E-state index contributed by atoms with van der Waals surface area (Å²) in [7, 11) is 0. The number of nitrogens with one attached hydrogen (secondary N) is 2. The lowest BCUT2D eigenvalue weighted by Crippen LogP contribution is -2.38. The summed E-state index contributed by atoms with van der Waals surface area (Å²) < 4.78 is 5.56. The van der Waals surface area contributed by atoms with Gasteiger partial charge in [-0.1, -0.05) is 26.0 Å². The fourth-order valence-electron chi connectivity index (χ4n) is 1.46. The number of nitrogens with zero attached hydrogens (tertiary/aromatic N) is 1. The zero-order chi connectivity index (χ0) is 15.5. The average molecular weight is 291 g/mol. The molecule has 0 aliphatic rings. The Morgan fingerprint density at radius 3 is 2.67 bits per heavy atom. The van der Waals surface area contributed by atoms with Crippen molar-refractivity contribution in [2.75, 3.05) is 13.2 Å². The van der Waals surface area contributed by atoms with Gasteiger partial charge in [-0.3, -0.25) is 9.59 Å². The Bertz CT molecular complexity index is 501. The Balaban J connectivity index is 2.56. The van der Waals surface area contributed by atoms with Crippen molar-refractivity contribution < 1.29 is 14.3 Å². The molecule has 0 radical (unpaired) electrons. The maximum absolute atomic E-state index is 11.4. The van der Waals surface area contributed by atoms with E-state index in [1.54, 1.807) is 0 Å². The quantitative estimate of drug-likeness (QED) is 0.453. The lowest BCUT2D eigenvalue weighted by Gasteiger charge is -2.07. The van der Waals surface area contributed by atoms with Gasteiger partial charge < -0.3 is 10.1 Å². The van der Waals surface area contributed by atoms with Crippen LogP contribution in [0.25, 0.3) is 0 Å². The van der Waals surface area contributed by atoms with Gasteiger partial charge in [-0.25, -0.2) is 5.43 Å². The molecule has 0 spiro atoms. The summed E-state index contributed by atoms with van der Waals surface area (Å²) in [5.41, 5.74) is 2.92. The van der Waals surface area contributed by atoms with Crippen LogP contribution in [0.3, 0.4) is 0 Å². The summed E-state index contributed by atoms with van der Waals surface area (Å²) in [4.78, 5) is 22.8.